The van der Waals surface area contributed by atoms with Crippen LogP contribution in [0, 0.1) is 26.0 Å². The first kappa shape index (κ1) is 34.0. The fourth-order valence-corrected chi connectivity index (χ4v) is 11.0. The van der Waals surface area contributed by atoms with Crippen LogP contribution in [0.25, 0.3) is 0 Å². The molecule has 0 fully saturated rings. The van der Waals surface area contributed by atoms with Crippen molar-refractivity contribution in [3.8, 4) is 0 Å². The molecule has 140 valence electrons. The molecule has 7 heteroatoms. The van der Waals surface area contributed by atoms with E-state index < -0.39 is 8.24 Å². The second kappa shape index (κ2) is 17.5. The normalized spacial score (nSPS) is 11.0. The van der Waals surface area contributed by atoms with E-state index in [1.54, 1.807) is 0 Å². The summed E-state index contributed by atoms with van der Waals surface area (Å²) >= 11 is 0. The van der Waals surface area contributed by atoms with Gasteiger partial charge in [0.2, 0.25) is 0 Å². The summed E-state index contributed by atoms with van der Waals surface area (Å²) in [5, 5.41) is 0. The number of fused-ring (bicyclic) bond motifs is 1. The van der Waals surface area contributed by atoms with Crippen LogP contribution in [0.15, 0.2) is 18.2 Å². The summed E-state index contributed by atoms with van der Waals surface area (Å²) in [5.74, 6) is 0. The fraction of sp³-hybridized carbons (Fsp3) is 0.500. The molecule has 0 unspecified atom stereocenters. The maximum atomic E-state index is 7.50. The summed E-state index contributed by atoms with van der Waals surface area (Å²) in [6.45, 7) is 28.0. The van der Waals surface area contributed by atoms with Crippen LogP contribution in [-0.4, -0.2) is 18.7 Å². The van der Waals surface area contributed by atoms with Crippen LogP contribution in [0.2, 0.25) is 16.6 Å². The van der Waals surface area contributed by atoms with E-state index in [4.69, 9.17) is 14.0 Å². The standard InChI is InChI=1S/C17H27NSi.3CO.Cr.Li/c1-13(2)19(14(3)4,15(5)6)18-12-11-16-9-7-8-10-17(16)18;3*1-2;;/h7-8,10,12-15H,11H2,1-6H3;;;;;/q;;;;;+1. The molecule has 2 rings (SSSR count). The number of hydrogen-bond donors (Lipinski definition) is 0. The molecule has 0 amide bonds. The van der Waals surface area contributed by atoms with Crippen molar-refractivity contribution in [2.45, 2.75) is 64.6 Å². The Morgan fingerprint density at radius 3 is 1.70 bits per heavy atom. The van der Waals surface area contributed by atoms with E-state index in [1.807, 2.05) is 6.07 Å². The zero-order valence-corrected chi connectivity index (χ0v) is 19.6. The van der Waals surface area contributed by atoms with Crippen molar-refractivity contribution in [2.24, 2.45) is 0 Å². The Balaban J connectivity index is -0.000000301. The van der Waals surface area contributed by atoms with Crippen molar-refractivity contribution in [3.05, 3.63) is 49.8 Å². The average Bonchev–Trinajstić information content (AvgIpc) is 3.04. The minimum absolute atomic E-state index is 0. The Kier molecular flexibility index (Phi) is 22.1. The molecule has 1 aliphatic heterocycles. The van der Waals surface area contributed by atoms with E-state index in [2.05, 4.69) is 90.1 Å². The fourth-order valence-electron chi connectivity index (χ4n) is 4.33. The smallest absolute Gasteiger partial charge is 0 e. The molecule has 0 saturated carbocycles. The van der Waals surface area contributed by atoms with E-state index in [0.717, 1.165) is 23.0 Å². The van der Waals surface area contributed by atoms with Gasteiger partial charge >= 0.3 is 61.0 Å². The number of rotatable bonds is 4. The molecule has 0 N–H and O–H groups in total. The van der Waals surface area contributed by atoms with Crippen LogP contribution in [-0.2, 0) is 37.7 Å². The maximum Gasteiger partial charge on any atom is 1.00 e. The van der Waals surface area contributed by atoms with Crippen molar-refractivity contribution in [3.63, 3.8) is 0 Å². The van der Waals surface area contributed by atoms with Crippen molar-refractivity contribution < 1.29 is 54.4 Å². The molecule has 1 aromatic carbocycles. The van der Waals surface area contributed by atoms with E-state index in [1.165, 1.54) is 11.3 Å². The second-order valence-corrected chi connectivity index (χ2v) is 12.4. The molecule has 1 aromatic rings. The molecule has 27 heavy (non-hydrogen) atoms. The first-order valence-corrected chi connectivity index (χ1v) is 10.3. The Labute approximate surface area is 188 Å². The molecule has 4 nitrogen and oxygen atoms in total. The predicted molar refractivity (Wildman–Crippen MR) is 97.8 cm³/mol. The Morgan fingerprint density at radius 1 is 0.926 bits per heavy atom. The molecule has 0 aliphatic carbocycles. The largest absolute Gasteiger partial charge is 1.00 e. The molecule has 0 saturated heterocycles. The quantitative estimate of drug-likeness (QED) is 0.409. The van der Waals surface area contributed by atoms with Crippen LogP contribution in [0.1, 0.15) is 47.1 Å². The van der Waals surface area contributed by atoms with Crippen molar-refractivity contribution in [1.82, 2.24) is 0 Å². The second-order valence-electron chi connectivity index (χ2n) is 6.64. The summed E-state index contributed by atoms with van der Waals surface area (Å²) in [5.41, 5.74) is 5.03. The predicted octanol–water partition coefficient (Wildman–Crippen LogP) is 1.82. The minimum Gasteiger partial charge on any atom is 0 e. The third-order valence-corrected chi connectivity index (χ3v) is 11.7. The first-order chi connectivity index (χ1) is 11.9. The van der Waals surface area contributed by atoms with Crippen LogP contribution < -0.4 is 18.9 Å². The number of benzene rings is 1. The monoisotopic (exact) mass is 416 g/mol. The molecule has 0 radical (unpaired) electrons. The Morgan fingerprint density at radius 2 is 1.33 bits per heavy atom. The topological polar surface area (TPSA) is 62.7 Å². The maximum absolute atomic E-state index is 7.50. The van der Waals surface area contributed by atoms with E-state index >= 15 is 0 Å². The minimum atomic E-state index is -1.59. The van der Waals surface area contributed by atoms with Gasteiger partial charge in [0.05, 0.1) is 5.69 Å². The molecule has 0 bridgehead atoms. The van der Waals surface area contributed by atoms with Crippen LogP contribution >= 0.6 is 0 Å². The van der Waals surface area contributed by atoms with Gasteiger partial charge < -0.3 is 4.24 Å². The summed E-state index contributed by atoms with van der Waals surface area (Å²) in [6.07, 6.45) is 3.49. The van der Waals surface area contributed by atoms with Crippen molar-refractivity contribution in [1.29, 1.82) is 0 Å². The van der Waals surface area contributed by atoms with Crippen molar-refractivity contribution in [2.75, 3.05) is 0 Å². The Hall–Kier alpha value is -0.543. The molecule has 0 spiro atoms. The molecule has 0 atom stereocenters. The number of hydrogen-bond acceptors (Lipinski definition) is 0. The summed E-state index contributed by atoms with van der Waals surface area (Å²) in [7, 11) is -1.59. The zero-order chi connectivity index (χ0) is 20.2. The molecule has 1 heterocycles. The van der Waals surface area contributed by atoms with Gasteiger partial charge in [-0.3, -0.25) is 0 Å². The summed E-state index contributed by atoms with van der Waals surface area (Å²) in [4.78, 5) is 0. The van der Waals surface area contributed by atoms with Gasteiger partial charge in [0.1, 0.15) is 6.21 Å². The van der Waals surface area contributed by atoms with Crippen LogP contribution in [0.3, 0.4) is 0 Å². The van der Waals surface area contributed by atoms with Gasteiger partial charge in [-0.25, -0.2) is 0 Å². The average molecular weight is 416 g/mol. The zero-order valence-electron chi connectivity index (χ0n) is 17.3. The van der Waals surface area contributed by atoms with E-state index in [-0.39, 0.29) is 36.2 Å². The van der Waals surface area contributed by atoms with Crippen LogP contribution in [0.5, 0.6) is 0 Å². The SMILES string of the molecule is CC(C)[Si](C(C)C)(C(C)C)[N+]1=CCc2[c-]cccc21.[C-]#[O+].[C-]#[O+].[C-]#[O+].[Cr].[Li+]. The Bertz CT molecular complexity index is 589. The molecular formula is C20H27CrLiNO3Si+. The molecular weight excluding hydrogens is 389 g/mol. The third-order valence-electron chi connectivity index (χ3n) is 4.85. The molecule has 1 aliphatic rings. The van der Waals surface area contributed by atoms with Gasteiger partial charge in [-0.05, 0) is 0 Å². The first-order valence-electron chi connectivity index (χ1n) is 8.15. The van der Waals surface area contributed by atoms with Gasteiger partial charge in [-0.2, -0.15) is 18.2 Å². The summed E-state index contributed by atoms with van der Waals surface area (Å²) in [6, 6.07) is 9.87. The van der Waals surface area contributed by atoms with Gasteiger partial charge in [0, 0.05) is 40.4 Å². The van der Waals surface area contributed by atoms with Gasteiger partial charge in [-0.1, -0.05) is 47.1 Å². The van der Waals surface area contributed by atoms with Gasteiger partial charge in [0.15, 0.2) is 0 Å². The van der Waals surface area contributed by atoms with Gasteiger partial charge in [0.25, 0.3) is 0 Å². The summed E-state index contributed by atoms with van der Waals surface area (Å²) < 4.78 is 25.2. The van der Waals surface area contributed by atoms with Crippen molar-refractivity contribution >= 4 is 20.1 Å². The molecule has 0 aromatic heterocycles. The van der Waals surface area contributed by atoms with E-state index in [0.29, 0.717) is 0 Å². The van der Waals surface area contributed by atoms with Crippen LogP contribution in [0.4, 0.5) is 5.69 Å². The van der Waals surface area contributed by atoms with E-state index in [9.17, 15) is 0 Å². The number of nitrogens with zero attached hydrogens (tertiary/aromatic N) is 1. The van der Waals surface area contributed by atoms with Gasteiger partial charge in [-0.15, -0.1) is 6.07 Å². The third kappa shape index (κ3) is 7.42.